The molecule has 0 amide bonds. The molecule has 1 atom stereocenters. The van der Waals surface area contributed by atoms with E-state index in [9.17, 15) is 9.59 Å². The molecule has 200 valence electrons. The number of methoxy groups -OCH3 is 3. The second-order valence-corrected chi connectivity index (χ2v) is 10.2. The van der Waals surface area contributed by atoms with E-state index in [2.05, 4.69) is 15.9 Å². The Morgan fingerprint density at radius 1 is 1.08 bits per heavy atom. The molecule has 0 radical (unpaired) electrons. The number of hydrogen-bond donors (Lipinski definition) is 0. The molecule has 0 N–H and O–H groups in total. The standard InChI is InChI=1S/C28H29BrN2O6S/c1-6-10-19-24(27(33)37-7-2)25(17-11-8-9-12-20(17)34-3)31-26(32)23(38-28(31)30-19)14-16-13-18(29)22(36-5)15-21(16)35-4/h8-9,11-15,25H,6-7,10H2,1-5H3/b23-14-. The van der Waals surface area contributed by atoms with Crippen molar-refractivity contribution in [1.82, 2.24) is 4.57 Å². The van der Waals surface area contributed by atoms with Crippen LogP contribution < -0.4 is 29.1 Å². The fraction of sp³-hybridized carbons (Fsp3) is 0.321. The van der Waals surface area contributed by atoms with Crippen LogP contribution in [0.4, 0.5) is 0 Å². The summed E-state index contributed by atoms with van der Waals surface area (Å²) in [5.41, 5.74) is 2.05. The lowest BCUT2D eigenvalue weighted by Crippen LogP contribution is -2.40. The van der Waals surface area contributed by atoms with Gasteiger partial charge in [-0.2, -0.15) is 0 Å². The Bertz CT molecular complexity index is 1570. The highest BCUT2D eigenvalue weighted by Crippen LogP contribution is 2.37. The van der Waals surface area contributed by atoms with Crippen LogP contribution in [0.5, 0.6) is 17.2 Å². The topological polar surface area (TPSA) is 88.4 Å². The number of thiazole rings is 1. The van der Waals surface area contributed by atoms with Crippen LogP contribution in [0.3, 0.4) is 0 Å². The lowest BCUT2D eigenvalue weighted by molar-refractivity contribution is -0.139. The average Bonchev–Trinajstić information content (AvgIpc) is 3.22. The predicted molar refractivity (Wildman–Crippen MR) is 150 cm³/mol. The minimum atomic E-state index is -0.755. The number of hydrogen-bond acceptors (Lipinski definition) is 8. The van der Waals surface area contributed by atoms with E-state index < -0.39 is 12.0 Å². The molecular weight excluding hydrogens is 572 g/mol. The van der Waals surface area contributed by atoms with Crippen LogP contribution in [0.25, 0.3) is 6.08 Å². The molecule has 0 saturated carbocycles. The molecule has 1 aliphatic rings. The van der Waals surface area contributed by atoms with E-state index >= 15 is 0 Å². The van der Waals surface area contributed by atoms with Crippen LogP contribution in [0.2, 0.25) is 0 Å². The van der Waals surface area contributed by atoms with Gasteiger partial charge in [0.05, 0.1) is 48.2 Å². The van der Waals surface area contributed by atoms with Crippen molar-refractivity contribution in [3.8, 4) is 17.2 Å². The first-order valence-electron chi connectivity index (χ1n) is 12.1. The zero-order chi connectivity index (χ0) is 27.4. The molecule has 0 saturated heterocycles. The largest absolute Gasteiger partial charge is 0.496 e. The highest BCUT2D eigenvalue weighted by Gasteiger charge is 2.35. The fourth-order valence-corrected chi connectivity index (χ4v) is 5.98. The Morgan fingerprint density at radius 2 is 1.79 bits per heavy atom. The lowest BCUT2D eigenvalue weighted by Gasteiger charge is -2.26. The minimum Gasteiger partial charge on any atom is -0.496 e. The number of benzene rings is 2. The van der Waals surface area contributed by atoms with Crippen LogP contribution in [0.1, 0.15) is 43.9 Å². The quantitative estimate of drug-likeness (QED) is 0.339. The molecule has 0 aliphatic carbocycles. The minimum absolute atomic E-state index is 0.205. The normalized spacial score (nSPS) is 15.1. The molecule has 1 aromatic heterocycles. The summed E-state index contributed by atoms with van der Waals surface area (Å²) in [5.74, 6) is 1.23. The Labute approximate surface area is 233 Å². The van der Waals surface area contributed by atoms with Crippen molar-refractivity contribution in [3.63, 3.8) is 0 Å². The van der Waals surface area contributed by atoms with Crippen LogP contribution in [0, 0.1) is 0 Å². The third kappa shape index (κ3) is 5.15. The van der Waals surface area contributed by atoms with Gasteiger partial charge in [-0.05, 0) is 47.5 Å². The van der Waals surface area contributed by atoms with Gasteiger partial charge in [0, 0.05) is 17.2 Å². The van der Waals surface area contributed by atoms with Crippen molar-refractivity contribution in [2.45, 2.75) is 32.7 Å². The predicted octanol–water partition coefficient (Wildman–Crippen LogP) is 4.37. The average molecular weight is 602 g/mol. The first-order chi connectivity index (χ1) is 18.4. The molecule has 0 fully saturated rings. The molecule has 2 aromatic carbocycles. The van der Waals surface area contributed by atoms with Crippen molar-refractivity contribution in [3.05, 3.63) is 83.0 Å². The maximum Gasteiger partial charge on any atom is 0.338 e. The molecule has 0 bridgehead atoms. The van der Waals surface area contributed by atoms with E-state index in [0.717, 1.165) is 10.9 Å². The summed E-state index contributed by atoms with van der Waals surface area (Å²) in [4.78, 5) is 32.6. The van der Waals surface area contributed by atoms with Gasteiger partial charge in [0.2, 0.25) is 0 Å². The van der Waals surface area contributed by atoms with Crippen molar-refractivity contribution in [2.75, 3.05) is 27.9 Å². The molecule has 2 heterocycles. The molecule has 1 unspecified atom stereocenters. The summed E-state index contributed by atoms with van der Waals surface area (Å²) in [5, 5.41) is 0. The van der Waals surface area contributed by atoms with Crippen molar-refractivity contribution in [1.29, 1.82) is 0 Å². The zero-order valence-electron chi connectivity index (χ0n) is 21.9. The van der Waals surface area contributed by atoms with E-state index in [-0.39, 0.29) is 12.2 Å². The summed E-state index contributed by atoms with van der Waals surface area (Å²) in [6.45, 7) is 3.98. The second kappa shape index (κ2) is 12.0. The number of carbonyl (C=O) groups excluding carboxylic acids is 1. The number of aromatic nitrogens is 1. The number of nitrogens with zero attached hydrogens (tertiary/aromatic N) is 2. The van der Waals surface area contributed by atoms with Gasteiger partial charge < -0.3 is 18.9 Å². The zero-order valence-corrected chi connectivity index (χ0v) is 24.3. The fourth-order valence-electron chi connectivity index (χ4n) is 4.44. The van der Waals surface area contributed by atoms with Crippen molar-refractivity contribution in [2.24, 2.45) is 4.99 Å². The van der Waals surface area contributed by atoms with Gasteiger partial charge in [-0.15, -0.1) is 0 Å². The molecule has 10 heteroatoms. The van der Waals surface area contributed by atoms with Crippen LogP contribution in [-0.4, -0.2) is 38.5 Å². The maximum absolute atomic E-state index is 14.0. The smallest absolute Gasteiger partial charge is 0.338 e. The van der Waals surface area contributed by atoms with Crippen LogP contribution in [0.15, 0.2) is 61.9 Å². The van der Waals surface area contributed by atoms with Crippen molar-refractivity contribution < 1.29 is 23.7 Å². The number of halogens is 1. The van der Waals surface area contributed by atoms with Gasteiger partial charge in [-0.3, -0.25) is 9.36 Å². The molecule has 38 heavy (non-hydrogen) atoms. The third-order valence-electron chi connectivity index (χ3n) is 6.12. The number of rotatable bonds is 9. The van der Waals surface area contributed by atoms with Gasteiger partial charge >= 0.3 is 5.97 Å². The van der Waals surface area contributed by atoms with Crippen LogP contribution in [-0.2, 0) is 9.53 Å². The van der Waals surface area contributed by atoms with Gasteiger partial charge in [0.25, 0.3) is 5.56 Å². The highest BCUT2D eigenvalue weighted by molar-refractivity contribution is 9.10. The summed E-state index contributed by atoms with van der Waals surface area (Å²) < 4.78 is 24.8. The number of esters is 1. The Morgan fingerprint density at radius 3 is 2.45 bits per heavy atom. The third-order valence-corrected chi connectivity index (χ3v) is 7.72. The molecule has 8 nitrogen and oxygen atoms in total. The Kier molecular flexibility index (Phi) is 8.73. The molecule has 0 spiro atoms. The Balaban J connectivity index is 2.03. The van der Waals surface area contributed by atoms with E-state index in [4.69, 9.17) is 23.9 Å². The summed E-state index contributed by atoms with van der Waals surface area (Å²) in [7, 11) is 4.70. The SMILES string of the molecule is CCCC1=C(C(=O)OCC)C(c2ccccc2OC)n2c(s/c(=C\c3cc(Br)c(OC)cc3OC)c2=O)=N1. The number of ether oxygens (including phenoxy) is 4. The maximum atomic E-state index is 14.0. The lowest BCUT2D eigenvalue weighted by atomic mass is 9.93. The van der Waals surface area contributed by atoms with Gasteiger partial charge in [0.15, 0.2) is 4.80 Å². The van der Waals surface area contributed by atoms with Gasteiger partial charge in [-0.1, -0.05) is 42.9 Å². The summed E-state index contributed by atoms with van der Waals surface area (Å²) >= 11 is 4.77. The van der Waals surface area contributed by atoms with Crippen LogP contribution >= 0.6 is 27.3 Å². The number of allylic oxidation sites excluding steroid dienone is 1. The number of para-hydroxylation sites is 1. The second-order valence-electron chi connectivity index (χ2n) is 8.38. The number of carbonyl (C=O) groups is 1. The number of fused-ring (bicyclic) bond motifs is 1. The van der Waals surface area contributed by atoms with Gasteiger partial charge in [-0.25, -0.2) is 9.79 Å². The monoisotopic (exact) mass is 600 g/mol. The van der Waals surface area contributed by atoms with E-state index in [1.54, 1.807) is 45.0 Å². The first-order valence-corrected chi connectivity index (χ1v) is 13.8. The summed E-state index contributed by atoms with van der Waals surface area (Å²) in [6.07, 6.45) is 3.09. The van der Waals surface area contributed by atoms with E-state index in [1.807, 2.05) is 37.3 Å². The Hall–Kier alpha value is -3.37. The van der Waals surface area contributed by atoms with Gasteiger partial charge in [0.1, 0.15) is 23.3 Å². The molecule has 1 aliphatic heterocycles. The van der Waals surface area contributed by atoms with E-state index in [0.29, 0.717) is 55.4 Å². The summed E-state index contributed by atoms with van der Waals surface area (Å²) in [6, 6.07) is 10.2. The first kappa shape index (κ1) is 27.7. The van der Waals surface area contributed by atoms with Crippen molar-refractivity contribution >= 4 is 39.3 Å². The molecule has 4 rings (SSSR count). The highest BCUT2D eigenvalue weighted by atomic mass is 79.9. The van der Waals surface area contributed by atoms with E-state index in [1.165, 1.54) is 11.3 Å². The molecular formula is C28H29BrN2O6S. The molecule has 3 aromatic rings.